The van der Waals surface area contributed by atoms with Crippen molar-refractivity contribution in [1.82, 2.24) is 9.80 Å². The molecule has 1 aliphatic heterocycles. The Morgan fingerprint density at radius 1 is 1.42 bits per heavy atom. The zero-order valence-electron chi connectivity index (χ0n) is 12.0. The number of likely N-dealkylation sites (tertiary alicyclic amines) is 1. The number of nitrogens with zero attached hydrogens (tertiary/aromatic N) is 2. The first kappa shape index (κ1) is 15.5. The normalized spacial score (nSPS) is 19.7. The van der Waals surface area contributed by atoms with Crippen molar-refractivity contribution in [2.24, 2.45) is 5.92 Å². The van der Waals surface area contributed by atoms with Crippen molar-refractivity contribution in [3.8, 4) is 0 Å². The highest BCUT2D eigenvalue weighted by molar-refractivity contribution is 5.91. The number of carboxylic acids is 1. The van der Waals surface area contributed by atoms with Gasteiger partial charge in [-0.15, -0.1) is 0 Å². The number of carboxylic acid groups (broad SMARTS) is 1. The number of carbonyl (C=O) groups is 3. The Balaban J connectivity index is 2.84. The minimum Gasteiger partial charge on any atom is -0.480 e. The third-order valence-corrected chi connectivity index (χ3v) is 3.31. The van der Waals surface area contributed by atoms with Crippen LogP contribution in [0.25, 0.3) is 0 Å². The third-order valence-electron chi connectivity index (χ3n) is 3.31. The van der Waals surface area contributed by atoms with Crippen LogP contribution < -0.4 is 0 Å². The molecule has 1 atom stereocenters. The quantitative estimate of drug-likeness (QED) is 0.810. The van der Waals surface area contributed by atoms with E-state index in [-0.39, 0.29) is 24.8 Å². The molecule has 1 aliphatic rings. The first-order chi connectivity index (χ1) is 8.66. The third kappa shape index (κ3) is 3.68. The van der Waals surface area contributed by atoms with Gasteiger partial charge < -0.3 is 14.9 Å². The number of amides is 2. The first-order valence-electron chi connectivity index (χ1n) is 6.47. The summed E-state index contributed by atoms with van der Waals surface area (Å²) in [6, 6.07) is 0. The number of aliphatic carboxylic acids is 1. The molecule has 6 heteroatoms. The van der Waals surface area contributed by atoms with Crippen molar-refractivity contribution in [3.05, 3.63) is 0 Å². The van der Waals surface area contributed by atoms with Gasteiger partial charge in [-0.2, -0.15) is 0 Å². The Bertz CT molecular complexity index is 387. The molecule has 1 saturated heterocycles. The zero-order chi connectivity index (χ0) is 14.8. The van der Waals surface area contributed by atoms with E-state index in [1.54, 1.807) is 25.7 Å². The van der Waals surface area contributed by atoms with Crippen LogP contribution in [0, 0.1) is 5.92 Å². The summed E-state index contributed by atoms with van der Waals surface area (Å²) in [6.45, 7) is 7.88. The minimum absolute atomic E-state index is 0.0370. The molecule has 0 aliphatic carbocycles. The van der Waals surface area contributed by atoms with E-state index in [4.69, 9.17) is 5.11 Å². The van der Waals surface area contributed by atoms with Crippen LogP contribution in [0.4, 0.5) is 0 Å². The fraction of sp³-hybridized carbons (Fsp3) is 0.769. The summed E-state index contributed by atoms with van der Waals surface area (Å²) in [4.78, 5) is 37.9. The molecule has 1 heterocycles. The highest BCUT2D eigenvalue weighted by atomic mass is 16.4. The molecule has 2 amide bonds. The van der Waals surface area contributed by atoms with Crippen LogP contribution in [-0.4, -0.2) is 57.9 Å². The second-order valence-corrected chi connectivity index (χ2v) is 5.82. The second-order valence-electron chi connectivity index (χ2n) is 5.82. The lowest BCUT2D eigenvalue weighted by Crippen LogP contribution is -2.51. The van der Waals surface area contributed by atoms with Gasteiger partial charge in [0.05, 0.1) is 5.92 Å². The molecule has 0 aromatic carbocycles. The maximum atomic E-state index is 12.4. The molecule has 1 fully saturated rings. The summed E-state index contributed by atoms with van der Waals surface area (Å²) >= 11 is 0. The lowest BCUT2D eigenvalue weighted by Gasteiger charge is -2.36. The monoisotopic (exact) mass is 270 g/mol. The van der Waals surface area contributed by atoms with Gasteiger partial charge >= 0.3 is 5.97 Å². The van der Waals surface area contributed by atoms with Gasteiger partial charge in [-0.1, -0.05) is 0 Å². The van der Waals surface area contributed by atoms with Crippen molar-refractivity contribution >= 4 is 17.8 Å². The molecule has 0 bridgehead atoms. The van der Waals surface area contributed by atoms with E-state index in [2.05, 4.69) is 0 Å². The molecule has 6 nitrogen and oxygen atoms in total. The summed E-state index contributed by atoms with van der Waals surface area (Å²) in [7, 11) is 0. The van der Waals surface area contributed by atoms with Gasteiger partial charge in [-0.25, -0.2) is 0 Å². The maximum Gasteiger partial charge on any atom is 0.323 e. The number of carbonyl (C=O) groups excluding carboxylic acids is 2. The van der Waals surface area contributed by atoms with Crippen LogP contribution in [0.1, 0.15) is 34.1 Å². The number of hydrogen-bond donors (Lipinski definition) is 1. The predicted molar refractivity (Wildman–Crippen MR) is 69.5 cm³/mol. The highest BCUT2D eigenvalue weighted by Crippen LogP contribution is 2.23. The van der Waals surface area contributed by atoms with Gasteiger partial charge in [0.15, 0.2) is 0 Å². The van der Waals surface area contributed by atoms with Crippen LogP contribution in [0.15, 0.2) is 0 Å². The maximum absolute atomic E-state index is 12.4. The van der Waals surface area contributed by atoms with Crippen LogP contribution >= 0.6 is 0 Å². The van der Waals surface area contributed by atoms with E-state index >= 15 is 0 Å². The summed E-state index contributed by atoms with van der Waals surface area (Å²) in [5.74, 6) is -1.75. The van der Waals surface area contributed by atoms with Crippen LogP contribution in [0.3, 0.4) is 0 Å². The molecule has 0 spiro atoms. The zero-order valence-corrected chi connectivity index (χ0v) is 12.0. The fourth-order valence-electron chi connectivity index (χ4n) is 2.24. The molecular formula is C13H22N2O4. The summed E-state index contributed by atoms with van der Waals surface area (Å²) in [6.07, 6.45) is 0.179. The Labute approximate surface area is 113 Å². The molecule has 0 saturated carbocycles. The fourth-order valence-corrected chi connectivity index (χ4v) is 2.24. The predicted octanol–water partition coefficient (Wildman–Crippen LogP) is 0.566. The second kappa shape index (κ2) is 5.59. The highest BCUT2D eigenvalue weighted by Gasteiger charge is 2.39. The van der Waals surface area contributed by atoms with Gasteiger partial charge in [-0.3, -0.25) is 14.4 Å². The molecule has 1 rings (SSSR count). The van der Waals surface area contributed by atoms with E-state index in [1.165, 1.54) is 4.90 Å². The molecule has 0 aromatic heterocycles. The van der Waals surface area contributed by atoms with Crippen molar-refractivity contribution in [2.45, 2.75) is 39.7 Å². The van der Waals surface area contributed by atoms with E-state index in [9.17, 15) is 14.4 Å². The van der Waals surface area contributed by atoms with Crippen molar-refractivity contribution in [3.63, 3.8) is 0 Å². The Morgan fingerprint density at radius 3 is 2.37 bits per heavy atom. The van der Waals surface area contributed by atoms with E-state index in [0.717, 1.165) is 0 Å². The lowest BCUT2D eigenvalue weighted by molar-refractivity contribution is -0.150. The van der Waals surface area contributed by atoms with Crippen LogP contribution in [-0.2, 0) is 14.4 Å². The molecule has 1 unspecified atom stereocenters. The van der Waals surface area contributed by atoms with E-state index < -0.39 is 17.4 Å². The summed E-state index contributed by atoms with van der Waals surface area (Å²) < 4.78 is 0. The minimum atomic E-state index is -1.04. The molecule has 19 heavy (non-hydrogen) atoms. The average Bonchev–Trinajstić information content (AvgIpc) is 2.65. The van der Waals surface area contributed by atoms with Gasteiger partial charge in [-0.05, 0) is 27.7 Å². The Hall–Kier alpha value is -1.59. The molecule has 1 N–H and O–H groups in total. The standard InChI is InChI=1S/C13H22N2O4/c1-5-14-7-9(6-10(14)16)12(19)15(8-11(17)18)13(2,3)4/h9H,5-8H2,1-4H3,(H,17,18). The van der Waals surface area contributed by atoms with Crippen LogP contribution in [0.2, 0.25) is 0 Å². The molecule has 0 aromatic rings. The first-order valence-corrected chi connectivity index (χ1v) is 6.47. The molecule has 0 radical (unpaired) electrons. The van der Waals surface area contributed by atoms with Gasteiger partial charge in [0, 0.05) is 25.0 Å². The van der Waals surface area contributed by atoms with Gasteiger partial charge in [0.2, 0.25) is 11.8 Å². The van der Waals surface area contributed by atoms with E-state index in [0.29, 0.717) is 13.1 Å². The van der Waals surface area contributed by atoms with Crippen LogP contribution in [0.5, 0.6) is 0 Å². The molecule has 108 valence electrons. The van der Waals surface area contributed by atoms with Crippen molar-refractivity contribution in [2.75, 3.05) is 19.6 Å². The molecular weight excluding hydrogens is 248 g/mol. The summed E-state index contributed by atoms with van der Waals surface area (Å²) in [5.41, 5.74) is -0.571. The average molecular weight is 270 g/mol. The lowest BCUT2D eigenvalue weighted by atomic mass is 10.0. The topological polar surface area (TPSA) is 77.9 Å². The SMILES string of the molecule is CCN1CC(C(=O)N(CC(=O)O)C(C)(C)C)CC1=O. The number of rotatable bonds is 4. The Morgan fingerprint density at radius 2 is 2.00 bits per heavy atom. The Kier molecular flexibility index (Phi) is 4.55. The van der Waals surface area contributed by atoms with Crippen molar-refractivity contribution in [1.29, 1.82) is 0 Å². The number of hydrogen-bond acceptors (Lipinski definition) is 3. The summed E-state index contributed by atoms with van der Waals surface area (Å²) in [5, 5.41) is 8.92. The van der Waals surface area contributed by atoms with Crippen molar-refractivity contribution < 1.29 is 19.5 Å². The largest absolute Gasteiger partial charge is 0.480 e. The van der Waals surface area contributed by atoms with Gasteiger partial charge in [0.25, 0.3) is 0 Å². The van der Waals surface area contributed by atoms with Gasteiger partial charge in [0.1, 0.15) is 6.54 Å². The smallest absolute Gasteiger partial charge is 0.323 e. The van der Waals surface area contributed by atoms with E-state index in [1.807, 2.05) is 6.92 Å².